The smallest absolute Gasteiger partial charge is 0.323 e. The lowest BCUT2D eigenvalue weighted by Crippen LogP contribution is -2.53. The van der Waals surface area contributed by atoms with E-state index in [-0.39, 0.29) is 6.04 Å². The van der Waals surface area contributed by atoms with E-state index in [9.17, 15) is 9.90 Å². The molecule has 0 aliphatic rings. The molecule has 0 bridgehead atoms. The Labute approximate surface area is 126 Å². The van der Waals surface area contributed by atoms with Gasteiger partial charge in [0, 0.05) is 12.5 Å². The van der Waals surface area contributed by atoms with Crippen molar-refractivity contribution < 1.29 is 19.4 Å². The Kier molecular flexibility index (Phi) is 6.49. The molecule has 0 amide bonds. The first-order valence-corrected chi connectivity index (χ1v) is 7.24. The number of aliphatic carboxylic acids is 1. The second-order valence-electron chi connectivity index (χ2n) is 5.41. The number of rotatable bonds is 9. The number of hydrogen-bond acceptors (Lipinski definition) is 4. The van der Waals surface area contributed by atoms with E-state index in [0.717, 1.165) is 0 Å². The molecule has 0 spiro atoms. The van der Waals surface area contributed by atoms with Crippen molar-refractivity contribution in [1.82, 2.24) is 5.32 Å². The Morgan fingerprint density at radius 3 is 2.33 bits per heavy atom. The fourth-order valence-corrected chi connectivity index (χ4v) is 2.09. The molecule has 1 aromatic carbocycles. The molecule has 118 valence electrons. The van der Waals surface area contributed by atoms with Gasteiger partial charge >= 0.3 is 5.97 Å². The summed E-state index contributed by atoms with van der Waals surface area (Å²) in [7, 11) is 0. The highest BCUT2D eigenvalue weighted by Crippen LogP contribution is 2.27. The standard InChI is InChI=1S/C16H25NO4/c1-5-20-13-8-6-7-9-14(13)21-11-10-16(4,15(18)19)17-12(2)3/h6-9,12,17H,5,10-11H2,1-4H3,(H,18,19). The molecule has 1 aromatic rings. The molecule has 0 aliphatic heterocycles. The van der Waals surface area contributed by atoms with Gasteiger partial charge in [-0.1, -0.05) is 12.1 Å². The van der Waals surface area contributed by atoms with Gasteiger partial charge in [0.05, 0.1) is 13.2 Å². The van der Waals surface area contributed by atoms with E-state index in [1.807, 2.05) is 45.0 Å². The van der Waals surface area contributed by atoms with E-state index in [1.165, 1.54) is 0 Å². The molecule has 0 saturated carbocycles. The highest BCUT2D eigenvalue weighted by Gasteiger charge is 2.33. The monoisotopic (exact) mass is 295 g/mol. The quantitative estimate of drug-likeness (QED) is 0.733. The highest BCUT2D eigenvalue weighted by atomic mass is 16.5. The molecule has 0 fully saturated rings. The van der Waals surface area contributed by atoms with Crippen molar-refractivity contribution in [3.63, 3.8) is 0 Å². The van der Waals surface area contributed by atoms with Gasteiger partial charge in [0.25, 0.3) is 0 Å². The van der Waals surface area contributed by atoms with Crippen molar-refractivity contribution in [3.8, 4) is 11.5 Å². The predicted octanol–water partition coefficient (Wildman–Crippen LogP) is 2.70. The third-order valence-electron chi connectivity index (χ3n) is 3.09. The molecule has 1 atom stereocenters. The Morgan fingerprint density at radius 1 is 1.29 bits per heavy atom. The Balaban J connectivity index is 2.64. The molecule has 0 aromatic heterocycles. The van der Waals surface area contributed by atoms with Crippen molar-refractivity contribution >= 4 is 5.97 Å². The average Bonchev–Trinajstić information content (AvgIpc) is 2.40. The first kappa shape index (κ1) is 17.3. The lowest BCUT2D eigenvalue weighted by atomic mass is 9.97. The summed E-state index contributed by atoms with van der Waals surface area (Å²) >= 11 is 0. The van der Waals surface area contributed by atoms with Crippen LogP contribution in [0, 0.1) is 0 Å². The van der Waals surface area contributed by atoms with Crippen molar-refractivity contribution in [2.45, 2.75) is 45.7 Å². The highest BCUT2D eigenvalue weighted by molar-refractivity contribution is 5.78. The van der Waals surface area contributed by atoms with Gasteiger partial charge in [-0.15, -0.1) is 0 Å². The molecule has 2 N–H and O–H groups in total. The summed E-state index contributed by atoms with van der Waals surface area (Å²) in [6, 6.07) is 7.47. The Hall–Kier alpha value is -1.75. The van der Waals surface area contributed by atoms with Gasteiger partial charge in [-0.25, -0.2) is 0 Å². The number of nitrogens with one attached hydrogen (secondary N) is 1. The maximum absolute atomic E-state index is 11.4. The second kappa shape index (κ2) is 7.88. The van der Waals surface area contributed by atoms with E-state index < -0.39 is 11.5 Å². The Morgan fingerprint density at radius 2 is 1.86 bits per heavy atom. The molecule has 21 heavy (non-hydrogen) atoms. The predicted molar refractivity (Wildman–Crippen MR) is 82.0 cm³/mol. The van der Waals surface area contributed by atoms with Crippen LogP contribution in [0.3, 0.4) is 0 Å². The minimum atomic E-state index is -1.01. The number of carboxylic acid groups (broad SMARTS) is 1. The summed E-state index contributed by atoms with van der Waals surface area (Å²) in [5.41, 5.74) is -1.01. The van der Waals surface area contributed by atoms with Crippen LogP contribution in [0.2, 0.25) is 0 Å². The summed E-state index contributed by atoms with van der Waals surface area (Å²) < 4.78 is 11.2. The number of carbonyl (C=O) groups is 1. The largest absolute Gasteiger partial charge is 0.490 e. The zero-order valence-corrected chi connectivity index (χ0v) is 13.2. The maximum Gasteiger partial charge on any atom is 0.323 e. The number of benzene rings is 1. The van der Waals surface area contributed by atoms with Crippen molar-refractivity contribution in [2.75, 3.05) is 13.2 Å². The van der Waals surface area contributed by atoms with Gasteiger partial charge in [0.1, 0.15) is 5.54 Å². The maximum atomic E-state index is 11.4. The van der Waals surface area contributed by atoms with E-state index in [0.29, 0.717) is 31.1 Å². The van der Waals surface area contributed by atoms with Crippen molar-refractivity contribution in [1.29, 1.82) is 0 Å². The first-order chi connectivity index (χ1) is 9.89. The summed E-state index contributed by atoms with van der Waals surface area (Å²) in [5.74, 6) is 0.434. The molecular weight excluding hydrogens is 270 g/mol. The lowest BCUT2D eigenvalue weighted by molar-refractivity contribution is -0.145. The van der Waals surface area contributed by atoms with Crippen LogP contribution in [0.1, 0.15) is 34.1 Å². The molecule has 0 radical (unpaired) electrons. The third-order valence-corrected chi connectivity index (χ3v) is 3.09. The normalized spacial score (nSPS) is 13.8. The molecule has 0 saturated heterocycles. The molecular formula is C16H25NO4. The van der Waals surface area contributed by atoms with E-state index >= 15 is 0 Å². The number of carboxylic acids is 1. The minimum absolute atomic E-state index is 0.0850. The van der Waals surface area contributed by atoms with Crippen LogP contribution in [-0.2, 0) is 4.79 Å². The fraction of sp³-hybridized carbons (Fsp3) is 0.562. The van der Waals surface area contributed by atoms with Crippen molar-refractivity contribution in [2.24, 2.45) is 0 Å². The topological polar surface area (TPSA) is 67.8 Å². The first-order valence-electron chi connectivity index (χ1n) is 7.24. The number of ether oxygens (including phenoxy) is 2. The van der Waals surface area contributed by atoms with Gasteiger partial charge in [-0.3, -0.25) is 10.1 Å². The molecule has 0 heterocycles. The van der Waals surface area contributed by atoms with Gasteiger partial charge < -0.3 is 14.6 Å². The molecule has 5 nitrogen and oxygen atoms in total. The summed E-state index contributed by atoms with van der Waals surface area (Å²) in [4.78, 5) is 11.4. The van der Waals surface area contributed by atoms with Gasteiger partial charge in [0.2, 0.25) is 0 Å². The van der Waals surface area contributed by atoms with E-state index in [4.69, 9.17) is 9.47 Å². The van der Waals surface area contributed by atoms with Crippen LogP contribution in [0.25, 0.3) is 0 Å². The summed E-state index contributed by atoms with van der Waals surface area (Å²) in [5, 5.41) is 12.4. The minimum Gasteiger partial charge on any atom is -0.490 e. The average molecular weight is 295 g/mol. The van der Waals surface area contributed by atoms with Crippen LogP contribution in [0.4, 0.5) is 0 Å². The molecule has 1 unspecified atom stereocenters. The lowest BCUT2D eigenvalue weighted by Gasteiger charge is -2.28. The van der Waals surface area contributed by atoms with Crippen molar-refractivity contribution in [3.05, 3.63) is 24.3 Å². The van der Waals surface area contributed by atoms with Gasteiger partial charge in [-0.05, 0) is 39.8 Å². The SMILES string of the molecule is CCOc1ccccc1OCCC(C)(NC(C)C)C(=O)O. The van der Waals surface area contributed by atoms with Crippen LogP contribution >= 0.6 is 0 Å². The Bertz CT molecular complexity index is 461. The van der Waals surface area contributed by atoms with E-state index in [1.54, 1.807) is 6.92 Å². The zero-order valence-electron chi connectivity index (χ0n) is 13.2. The van der Waals surface area contributed by atoms with Crippen LogP contribution in [0.5, 0.6) is 11.5 Å². The number of hydrogen-bond donors (Lipinski definition) is 2. The second-order valence-corrected chi connectivity index (χ2v) is 5.41. The third kappa shape index (κ3) is 5.27. The van der Waals surface area contributed by atoms with Crippen LogP contribution < -0.4 is 14.8 Å². The van der Waals surface area contributed by atoms with Crippen LogP contribution in [0.15, 0.2) is 24.3 Å². The van der Waals surface area contributed by atoms with Gasteiger partial charge in [-0.2, -0.15) is 0 Å². The summed E-state index contributed by atoms with van der Waals surface area (Å²) in [6.07, 6.45) is 0.362. The molecule has 5 heteroatoms. The number of para-hydroxylation sites is 2. The van der Waals surface area contributed by atoms with Gasteiger partial charge in [0.15, 0.2) is 11.5 Å². The van der Waals surface area contributed by atoms with E-state index in [2.05, 4.69) is 5.32 Å². The van der Waals surface area contributed by atoms with Crippen LogP contribution in [-0.4, -0.2) is 35.9 Å². The molecule has 0 aliphatic carbocycles. The molecule has 1 rings (SSSR count). The fourth-order valence-electron chi connectivity index (χ4n) is 2.09. The summed E-state index contributed by atoms with van der Waals surface area (Å²) in [6.45, 7) is 8.28. The zero-order chi connectivity index (χ0) is 15.9.